The summed E-state index contributed by atoms with van der Waals surface area (Å²) < 4.78 is 32.3. The fourth-order valence-corrected chi connectivity index (χ4v) is 1.95. The van der Waals surface area contributed by atoms with Gasteiger partial charge in [-0.2, -0.15) is 0 Å². The molecule has 0 spiro atoms. The van der Waals surface area contributed by atoms with E-state index in [1.54, 1.807) is 0 Å². The summed E-state index contributed by atoms with van der Waals surface area (Å²) in [6.07, 6.45) is 2.51. The molecule has 0 radical (unpaired) electrons. The second-order valence-corrected chi connectivity index (χ2v) is 3.78. The third kappa shape index (κ3) is 1.92. The number of ether oxygens (including phenoxy) is 1. The minimum Gasteiger partial charge on any atom is -0.493 e. The van der Waals surface area contributed by atoms with Crippen LogP contribution in [-0.2, 0) is 17.6 Å². The van der Waals surface area contributed by atoms with Crippen molar-refractivity contribution >= 4 is 6.29 Å². The first-order chi connectivity index (χ1) is 7.74. The zero-order chi connectivity index (χ0) is 11.5. The predicted octanol–water partition coefficient (Wildman–Crippen LogP) is 2.42. The van der Waals surface area contributed by atoms with E-state index in [1.807, 2.05) is 0 Å². The summed E-state index contributed by atoms with van der Waals surface area (Å²) in [6, 6.07) is 0.883. The maximum Gasteiger partial charge on any atom is 0.133 e. The van der Waals surface area contributed by atoms with Crippen molar-refractivity contribution in [2.75, 3.05) is 6.61 Å². The molecule has 16 heavy (non-hydrogen) atoms. The Morgan fingerprint density at radius 1 is 1.38 bits per heavy atom. The van der Waals surface area contributed by atoms with Crippen molar-refractivity contribution in [3.63, 3.8) is 0 Å². The number of hydrogen-bond acceptors (Lipinski definition) is 2. The Morgan fingerprint density at radius 2 is 2.19 bits per heavy atom. The lowest BCUT2D eigenvalue weighted by Gasteiger charge is -2.21. The number of carbonyl (C=O) groups is 1. The van der Waals surface area contributed by atoms with Gasteiger partial charge in [-0.25, -0.2) is 8.78 Å². The molecule has 0 amide bonds. The topological polar surface area (TPSA) is 26.3 Å². The Bertz CT molecular complexity index is 416. The van der Waals surface area contributed by atoms with Crippen LogP contribution in [0.5, 0.6) is 5.75 Å². The highest BCUT2D eigenvalue weighted by atomic mass is 19.1. The second-order valence-electron chi connectivity index (χ2n) is 3.78. The Balaban J connectivity index is 2.45. The molecule has 1 heterocycles. The number of halogens is 2. The van der Waals surface area contributed by atoms with Crippen LogP contribution in [0.3, 0.4) is 0 Å². The molecule has 2 rings (SSSR count). The highest BCUT2D eigenvalue weighted by molar-refractivity contribution is 5.52. The molecule has 2 nitrogen and oxygen atoms in total. The maximum atomic E-state index is 13.5. The number of fused-ring (bicyclic) bond motifs is 1. The minimum absolute atomic E-state index is 0.221. The number of aldehydes is 1. The van der Waals surface area contributed by atoms with Crippen LogP contribution in [0.1, 0.15) is 24.0 Å². The predicted molar refractivity (Wildman–Crippen MR) is 54.6 cm³/mol. The highest BCUT2D eigenvalue weighted by Gasteiger charge is 2.22. The van der Waals surface area contributed by atoms with Crippen molar-refractivity contribution in [2.45, 2.75) is 25.7 Å². The summed E-state index contributed by atoms with van der Waals surface area (Å²) >= 11 is 0. The van der Waals surface area contributed by atoms with Gasteiger partial charge in [0.25, 0.3) is 0 Å². The van der Waals surface area contributed by atoms with Gasteiger partial charge in [-0.3, -0.25) is 0 Å². The summed E-state index contributed by atoms with van der Waals surface area (Å²) in [5.41, 5.74) is 0.761. The van der Waals surface area contributed by atoms with E-state index in [0.29, 0.717) is 29.9 Å². The first-order valence-corrected chi connectivity index (χ1v) is 5.30. The maximum absolute atomic E-state index is 13.5. The second kappa shape index (κ2) is 4.60. The van der Waals surface area contributed by atoms with E-state index in [1.165, 1.54) is 0 Å². The number of carbonyl (C=O) groups excluding carboxylic acids is 1. The summed E-state index contributed by atoms with van der Waals surface area (Å²) in [6.45, 7) is 0.476. The van der Waals surface area contributed by atoms with Gasteiger partial charge in [0.15, 0.2) is 0 Å². The lowest BCUT2D eigenvalue weighted by atomic mass is 9.98. The van der Waals surface area contributed by atoms with Crippen LogP contribution in [0.4, 0.5) is 8.78 Å². The standard InChI is InChI=1S/C12H12F2O2/c13-10-7-11(14)9-4-2-6-16-12(9)8(10)3-1-5-15/h5,7H,1-4,6H2. The van der Waals surface area contributed by atoms with Crippen LogP contribution in [0.15, 0.2) is 6.07 Å². The van der Waals surface area contributed by atoms with Gasteiger partial charge >= 0.3 is 0 Å². The molecular weight excluding hydrogens is 214 g/mol. The number of rotatable bonds is 3. The van der Waals surface area contributed by atoms with Crippen LogP contribution >= 0.6 is 0 Å². The Kier molecular flexibility index (Phi) is 3.17. The van der Waals surface area contributed by atoms with Crippen LogP contribution in [0.25, 0.3) is 0 Å². The fraction of sp³-hybridized carbons (Fsp3) is 0.417. The largest absolute Gasteiger partial charge is 0.493 e. The molecule has 86 valence electrons. The van der Waals surface area contributed by atoms with Crippen molar-refractivity contribution in [3.8, 4) is 5.75 Å². The molecular formula is C12H12F2O2. The first kappa shape index (κ1) is 11.0. The van der Waals surface area contributed by atoms with Gasteiger partial charge in [0, 0.05) is 23.6 Å². The first-order valence-electron chi connectivity index (χ1n) is 5.30. The van der Waals surface area contributed by atoms with Crippen molar-refractivity contribution in [1.82, 2.24) is 0 Å². The molecule has 1 aromatic rings. The van der Waals surface area contributed by atoms with Gasteiger partial charge in [-0.1, -0.05) is 0 Å². The molecule has 0 bridgehead atoms. The summed E-state index contributed by atoms with van der Waals surface area (Å²) in [5.74, 6) is -0.868. The van der Waals surface area contributed by atoms with Gasteiger partial charge in [-0.05, 0) is 19.3 Å². The molecule has 0 aliphatic carbocycles. The molecule has 0 aromatic heterocycles. The van der Waals surface area contributed by atoms with Crippen LogP contribution in [0, 0.1) is 11.6 Å². The molecule has 1 aliphatic rings. The smallest absolute Gasteiger partial charge is 0.133 e. The third-order valence-corrected chi connectivity index (χ3v) is 2.71. The average Bonchev–Trinajstić information content (AvgIpc) is 2.29. The van der Waals surface area contributed by atoms with Crippen LogP contribution in [0.2, 0.25) is 0 Å². The van der Waals surface area contributed by atoms with Crippen LogP contribution < -0.4 is 4.74 Å². The number of hydrogen-bond donors (Lipinski definition) is 0. The summed E-state index contributed by atoms with van der Waals surface area (Å²) in [7, 11) is 0. The molecule has 0 saturated carbocycles. The van der Waals surface area contributed by atoms with Gasteiger partial charge in [-0.15, -0.1) is 0 Å². The van der Waals surface area contributed by atoms with Crippen molar-refractivity contribution in [1.29, 1.82) is 0 Å². The summed E-state index contributed by atoms with van der Waals surface area (Å²) in [5, 5.41) is 0. The van der Waals surface area contributed by atoms with E-state index >= 15 is 0 Å². The summed E-state index contributed by atoms with van der Waals surface area (Å²) in [4.78, 5) is 10.3. The minimum atomic E-state index is -0.625. The zero-order valence-corrected chi connectivity index (χ0v) is 8.76. The molecule has 0 atom stereocenters. The van der Waals surface area contributed by atoms with E-state index in [-0.39, 0.29) is 12.8 Å². The quantitative estimate of drug-likeness (QED) is 0.740. The van der Waals surface area contributed by atoms with E-state index < -0.39 is 11.6 Å². The van der Waals surface area contributed by atoms with Gasteiger partial charge in [0.1, 0.15) is 23.7 Å². The average molecular weight is 226 g/mol. The Labute approximate surface area is 92.2 Å². The molecule has 0 N–H and O–H groups in total. The molecule has 0 saturated heterocycles. The van der Waals surface area contributed by atoms with Gasteiger partial charge in [0.2, 0.25) is 0 Å². The van der Waals surface area contributed by atoms with Crippen molar-refractivity contribution in [3.05, 3.63) is 28.8 Å². The van der Waals surface area contributed by atoms with E-state index in [2.05, 4.69) is 0 Å². The third-order valence-electron chi connectivity index (χ3n) is 2.71. The van der Waals surface area contributed by atoms with E-state index in [0.717, 1.165) is 18.8 Å². The van der Waals surface area contributed by atoms with E-state index in [9.17, 15) is 13.6 Å². The number of benzene rings is 1. The van der Waals surface area contributed by atoms with Gasteiger partial charge < -0.3 is 9.53 Å². The Hall–Kier alpha value is -1.45. The normalized spacial score (nSPS) is 14.1. The highest BCUT2D eigenvalue weighted by Crippen LogP contribution is 2.33. The molecule has 4 heteroatoms. The van der Waals surface area contributed by atoms with Crippen molar-refractivity contribution < 1.29 is 18.3 Å². The molecule has 1 aliphatic heterocycles. The fourth-order valence-electron chi connectivity index (χ4n) is 1.95. The monoisotopic (exact) mass is 226 g/mol. The van der Waals surface area contributed by atoms with Crippen LogP contribution in [-0.4, -0.2) is 12.9 Å². The zero-order valence-electron chi connectivity index (χ0n) is 8.76. The van der Waals surface area contributed by atoms with Crippen molar-refractivity contribution in [2.24, 2.45) is 0 Å². The lowest BCUT2D eigenvalue weighted by Crippen LogP contribution is -2.13. The molecule has 0 unspecified atom stereocenters. The molecule has 1 aromatic carbocycles. The van der Waals surface area contributed by atoms with Gasteiger partial charge in [0.05, 0.1) is 6.61 Å². The van der Waals surface area contributed by atoms with E-state index in [4.69, 9.17) is 4.74 Å². The molecule has 0 fully saturated rings. The SMILES string of the molecule is O=CCCc1c(F)cc(F)c2c1OCCC2. The lowest BCUT2D eigenvalue weighted by molar-refractivity contribution is -0.107. The Morgan fingerprint density at radius 3 is 2.94 bits per heavy atom.